The van der Waals surface area contributed by atoms with Crippen molar-refractivity contribution in [2.24, 2.45) is 0 Å². The Bertz CT molecular complexity index is 282. The zero-order valence-electron chi connectivity index (χ0n) is 10.4. The number of carbonyl (C=O) groups is 2. The summed E-state index contributed by atoms with van der Waals surface area (Å²) in [5, 5.41) is 0. The first-order valence-corrected chi connectivity index (χ1v) is 4.90. The second-order valence-corrected chi connectivity index (χ2v) is 4.28. The molecule has 0 amide bonds. The van der Waals surface area contributed by atoms with Crippen molar-refractivity contribution in [2.45, 2.75) is 19.4 Å². The summed E-state index contributed by atoms with van der Waals surface area (Å²) in [4.78, 5) is 24.0. The SMILES string of the molecule is COC(=O)C=CC(=O)OC(C)(C)CN(C)C. The highest BCUT2D eigenvalue weighted by atomic mass is 16.6. The Balaban J connectivity index is 4.23. The maximum atomic E-state index is 11.3. The molecule has 0 unspecified atom stereocenters. The summed E-state index contributed by atoms with van der Waals surface area (Å²) in [6.45, 7) is 4.21. The predicted molar refractivity (Wildman–Crippen MR) is 59.9 cm³/mol. The molecule has 0 N–H and O–H groups in total. The van der Waals surface area contributed by atoms with Crippen molar-refractivity contribution in [3.8, 4) is 0 Å². The number of esters is 2. The van der Waals surface area contributed by atoms with Gasteiger partial charge < -0.3 is 14.4 Å². The van der Waals surface area contributed by atoms with Gasteiger partial charge in [-0.15, -0.1) is 0 Å². The standard InChI is InChI=1S/C11H19NO4/c1-11(2,8-12(3)4)16-10(14)7-6-9(13)15-5/h6-7H,8H2,1-5H3. The lowest BCUT2D eigenvalue weighted by molar-refractivity contribution is -0.151. The first-order valence-electron chi connectivity index (χ1n) is 4.90. The second kappa shape index (κ2) is 6.27. The molecule has 0 atom stereocenters. The van der Waals surface area contributed by atoms with Crippen molar-refractivity contribution >= 4 is 11.9 Å². The fraction of sp³-hybridized carbons (Fsp3) is 0.636. The van der Waals surface area contributed by atoms with Crippen LogP contribution in [0.5, 0.6) is 0 Å². The highest BCUT2D eigenvalue weighted by Gasteiger charge is 2.22. The summed E-state index contributed by atoms with van der Waals surface area (Å²) in [6.07, 6.45) is 2.09. The zero-order chi connectivity index (χ0) is 12.8. The van der Waals surface area contributed by atoms with Gasteiger partial charge in [0.05, 0.1) is 7.11 Å². The van der Waals surface area contributed by atoms with E-state index in [4.69, 9.17) is 4.74 Å². The molecule has 0 aliphatic heterocycles. The van der Waals surface area contributed by atoms with E-state index in [1.807, 2.05) is 19.0 Å². The summed E-state index contributed by atoms with van der Waals surface area (Å²) in [7, 11) is 5.02. The highest BCUT2D eigenvalue weighted by Crippen LogP contribution is 2.10. The van der Waals surface area contributed by atoms with E-state index < -0.39 is 17.5 Å². The van der Waals surface area contributed by atoms with Crippen LogP contribution in [0, 0.1) is 0 Å². The van der Waals surface area contributed by atoms with Gasteiger partial charge >= 0.3 is 11.9 Å². The molecule has 0 radical (unpaired) electrons. The minimum Gasteiger partial charge on any atom is -0.466 e. The summed E-state index contributed by atoms with van der Waals surface area (Å²) in [5.74, 6) is -1.14. The lowest BCUT2D eigenvalue weighted by Crippen LogP contribution is -2.38. The van der Waals surface area contributed by atoms with Gasteiger partial charge in [-0.25, -0.2) is 9.59 Å². The van der Waals surface area contributed by atoms with Crippen LogP contribution >= 0.6 is 0 Å². The van der Waals surface area contributed by atoms with E-state index in [0.717, 1.165) is 12.2 Å². The van der Waals surface area contributed by atoms with Crippen LogP contribution in [0.15, 0.2) is 12.2 Å². The number of rotatable bonds is 5. The predicted octanol–water partition coefficient (Wildman–Crippen LogP) is 0.599. The van der Waals surface area contributed by atoms with Crippen molar-refractivity contribution in [3.63, 3.8) is 0 Å². The number of nitrogens with zero attached hydrogens (tertiary/aromatic N) is 1. The number of likely N-dealkylation sites (N-methyl/N-ethyl adjacent to an activating group) is 1. The molecule has 0 bridgehead atoms. The maximum Gasteiger partial charge on any atom is 0.331 e. The molecule has 0 saturated heterocycles. The van der Waals surface area contributed by atoms with E-state index in [-0.39, 0.29) is 0 Å². The molecule has 5 nitrogen and oxygen atoms in total. The van der Waals surface area contributed by atoms with Crippen molar-refractivity contribution in [2.75, 3.05) is 27.7 Å². The van der Waals surface area contributed by atoms with Crippen LogP contribution in [-0.4, -0.2) is 50.2 Å². The molecule has 92 valence electrons. The number of ether oxygens (including phenoxy) is 2. The molecule has 0 aromatic carbocycles. The number of hydrogen-bond donors (Lipinski definition) is 0. The third kappa shape index (κ3) is 7.00. The van der Waals surface area contributed by atoms with Crippen molar-refractivity contribution in [3.05, 3.63) is 12.2 Å². The van der Waals surface area contributed by atoms with Crippen LogP contribution in [0.1, 0.15) is 13.8 Å². The average molecular weight is 229 g/mol. The molecule has 0 aromatic heterocycles. The molecule has 0 aliphatic rings. The summed E-state index contributed by atoms with van der Waals surface area (Å²) < 4.78 is 9.52. The van der Waals surface area contributed by atoms with Gasteiger partial charge in [0, 0.05) is 18.7 Å². The Morgan fingerprint density at radius 2 is 1.69 bits per heavy atom. The van der Waals surface area contributed by atoms with Crippen LogP contribution in [0.3, 0.4) is 0 Å². The normalized spacial score (nSPS) is 11.9. The summed E-state index contributed by atoms with van der Waals surface area (Å²) in [6, 6.07) is 0. The molecule has 0 rings (SSSR count). The average Bonchev–Trinajstić information content (AvgIpc) is 2.11. The molecule has 0 fully saturated rings. The van der Waals surface area contributed by atoms with Gasteiger partial charge in [-0.05, 0) is 27.9 Å². The molecule has 0 aromatic rings. The minimum absolute atomic E-state index is 0.558. The van der Waals surface area contributed by atoms with Crippen LogP contribution in [0.4, 0.5) is 0 Å². The monoisotopic (exact) mass is 229 g/mol. The smallest absolute Gasteiger partial charge is 0.331 e. The van der Waals surface area contributed by atoms with Crippen LogP contribution < -0.4 is 0 Å². The molecule has 0 heterocycles. The number of carbonyl (C=O) groups excluding carboxylic acids is 2. The summed E-state index contributed by atoms with van der Waals surface area (Å²) in [5.41, 5.74) is -0.596. The van der Waals surface area contributed by atoms with Crippen molar-refractivity contribution in [1.82, 2.24) is 4.90 Å². The Hall–Kier alpha value is -1.36. The number of hydrogen-bond acceptors (Lipinski definition) is 5. The fourth-order valence-corrected chi connectivity index (χ4v) is 1.30. The topological polar surface area (TPSA) is 55.8 Å². The Labute approximate surface area is 96.0 Å². The molecule has 16 heavy (non-hydrogen) atoms. The highest BCUT2D eigenvalue weighted by molar-refractivity contribution is 5.91. The molecular formula is C11H19NO4. The van der Waals surface area contributed by atoms with E-state index in [2.05, 4.69) is 4.74 Å². The Kier molecular flexibility index (Phi) is 5.74. The third-order valence-corrected chi connectivity index (χ3v) is 1.63. The largest absolute Gasteiger partial charge is 0.466 e. The van der Waals surface area contributed by atoms with Gasteiger partial charge in [-0.2, -0.15) is 0 Å². The van der Waals surface area contributed by atoms with Gasteiger partial charge in [-0.1, -0.05) is 0 Å². The van der Waals surface area contributed by atoms with E-state index in [0.29, 0.717) is 6.54 Å². The van der Waals surface area contributed by atoms with E-state index in [9.17, 15) is 9.59 Å². The van der Waals surface area contributed by atoms with E-state index in [1.165, 1.54) is 7.11 Å². The van der Waals surface area contributed by atoms with Crippen molar-refractivity contribution in [1.29, 1.82) is 0 Å². The fourth-order valence-electron chi connectivity index (χ4n) is 1.30. The number of methoxy groups -OCH3 is 1. The van der Waals surface area contributed by atoms with Gasteiger partial charge in [0.2, 0.25) is 0 Å². The minimum atomic E-state index is -0.596. The molecular weight excluding hydrogens is 210 g/mol. The Morgan fingerprint density at radius 3 is 2.12 bits per heavy atom. The van der Waals surface area contributed by atoms with E-state index >= 15 is 0 Å². The molecule has 5 heteroatoms. The Morgan fingerprint density at radius 1 is 1.19 bits per heavy atom. The van der Waals surface area contributed by atoms with Gasteiger partial charge in [-0.3, -0.25) is 0 Å². The first kappa shape index (κ1) is 14.6. The van der Waals surface area contributed by atoms with Crippen LogP contribution in [0.25, 0.3) is 0 Å². The summed E-state index contributed by atoms with van der Waals surface area (Å²) >= 11 is 0. The molecule has 0 saturated carbocycles. The van der Waals surface area contributed by atoms with Gasteiger partial charge in [0.15, 0.2) is 0 Å². The first-order chi connectivity index (χ1) is 7.26. The van der Waals surface area contributed by atoms with Gasteiger partial charge in [0.25, 0.3) is 0 Å². The maximum absolute atomic E-state index is 11.3. The quantitative estimate of drug-likeness (QED) is 0.510. The van der Waals surface area contributed by atoms with Crippen LogP contribution in [0.2, 0.25) is 0 Å². The molecule has 0 aliphatic carbocycles. The third-order valence-electron chi connectivity index (χ3n) is 1.63. The van der Waals surface area contributed by atoms with E-state index in [1.54, 1.807) is 13.8 Å². The van der Waals surface area contributed by atoms with Gasteiger partial charge in [0.1, 0.15) is 5.60 Å². The lowest BCUT2D eigenvalue weighted by Gasteiger charge is -2.27. The van der Waals surface area contributed by atoms with Crippen molar-refractivity contribution < 1.29 is 19.1 Å². The second-order valence-electron chi connectivity index (χ2n) is 4.28. The zero-order valence-corrected chi connectivity index (χ0v) is 10.4. The van der Waals surface area contributed by atoms with Crippen LogP contribution in [-0.2, 0) is 19.1 Å². The molecule has 0 spiro atoms. The lowest BCUT2D eigenvalue weighted by atomic mass is 10.1.